The van der Waals surface area contributed by atoms with Crippen molar-refractivity contribution in [2.45, 2.75) is 51.2 Å². The predicted octanol–water partition coefficient (Wildman–Crippen LogP) is 6.07. The van der Waals surface area contributed by atoms with Crippen LogP contribution in [0.3, 0.4) is 0 Å². The van der Waals surface area contributed by atoms with E-state index < -0.39 is 4.92 Å². The fourth-order valence-electron chi connectivity index (χ4n) is 4.38. The van der Waals surface area contributed by atoms with Gasteiger partial charge in [-0.15, -0.1) is 0 Å². The number of amides is 1. The number of nitro groups is 1. The first-order chi connectivity index (χ1) is 15.5. The Hall–Kier alpha value is -3.12. The Bertz CT molecular complexity index is 1090. The molecule has 1 aromatic heterocycles. The molecule has 1 amide bonds. The number of aromatic nitrogens is 1. The lowest BCUT2D eigenvalue weighted by Gasteiger charge is -2.35. The molecule has 3 aromatic rings. The van der Waals surface area contributed by atoms with Crippen LogP contribution in [0.4, 0.5) is 5.69 Å². The molecule has 1 aliphatic rings. The molecular weight excluding hydrogens is 426 g/mol. The molecular formula is C25H26ClN3O3. The van der Waals surface area contributed by atoms with Crippen molar-refractivity contribution in [3.8, 4) is 0 Å². The average molecular weight is 452 g/mol. The van der Waals surface area contributed by atoms with Crippen molar-refractivity contribution in [3.63, 3.8) is 0 Å². The number of halogens is 1. The highest BCUT2D eigenvalue weighted by molar-refractivity contribution is 6.31. The molecule has 32 heavy (non-hydrogen) atoms. The zero-order chi connectivity index (χ0) is 22.5. The topological polar surface area (TPSA) is 68.4 Å². The van der Waals surface area contributed by atoms with Crippen LogP contribution in [-0.4, -0.2) is 26.3 Å². The molecule has 166 valence electrons. The third-order valence-corrected chi connectivity index (χ3v) is 6.52. The van der Waals surface area contributed by atoms with Gasteiger partial charge in [-0.1, -0.05) is 49.1 Å². The lowest BCUT2D eigenvalue weighted by atomic mass is 9.93. The van der Waals surface area contributed by atoms with E-state index in [1.165, 1.54) is 18.6 Å². The van der Waals surface area contributed by atoms with Crippen LogP contribution in [0.2, 0.25) is 5.02 Å². The van der Waals surface area contributed by atoms with Gasteiger partial charge in [-0.2, -0.15) is 0 Å². The Morgan fingerprint density at radius 3 is 2.44 bits per heavy atom. The maximum Gasteiger partial charge on any atom is 0.269 e. The molecule has 2 aromatic carbocycles. The van der Waals surface area contributed by atoms with Crippen LogP contribution >= 0.6 is 11.6 Å². The highest BCUT2D eigenvalue weighted by Gasteiger charge is 2.27. The van der Waals surface area contributed by atoms with Crippen LogP contribution in [-0.2, 0) is 13.1 Å². The standard InChI is InChI=1S/C25H26ClN3O3/c26-24-11-5-4-7-20(24)17-27-16-6-10-23(27)18-28(21-8-2-1-3-9-21)25(30)19-12-14-22(15-13-19)29(31)32/h4-7,10-16,21H,1-3,8-9,17-18H2. The molecule has 0 N–H and O–H groups in total. The second-order valence-electron chi connectivity index (χ2n) is 8.25. The quantitative estimate of drug-likeness (QED) is 0.323. The fraction of sp³-hybridized carbons (Fsp3) is 0.320. The number of carbonyl (C=O) groups is 1. The first-order valence-electron chi connectivity index (χ1n) is 11.0. The van der Waals surface area contributed by atoms with Crippen LogP contribution in [0.5, 0.6) is 0 Å². The molecule has 0 spiro atoms. The maximum atomic E-state index is 13.5. The van der Waals surface area contributed by atoms with Crippen LogP contribution in [0, 0.1) is 10.1 Å². The second-order valence-corrected chi connectivity index (χ2v) is 8.65. The van der Waals surface area contributed by atoms with E-state index in [0.29, 0.717) is 18.7 Å². The first kappa shape index (κ1) is 22.1. The van der Waals surface area contributed by atoms with Gasteiger partial charge in [0.05, 0.1) is 11.5 Å². The summed E-state index contributed by atoms with van der Waals surface area (Å²) in [5.41, 5.74) is 2.52. The molecule has 6 nitrogen and oxygen atoms in total. The van der Waals surface area contributed by atoms with Gasteiger partial charge in [0, 0.05) is 47.2 Å². The summed E-state index contributed by atoms with van der Waals surface area (Å²) in [6, 6.07) is 17.9. The van der Waals surface area contributed by atoms with Gasteiger partial charge >= 0.3 is 0 Å². The summed E-state index contributed by atoms with van der Waals surface area (Å²) >= 11 is 6.36. The van der Waals surface area contributed by atoms with Crippen LogP contribution in [0.1, 0.15) is 53.7 Å². The fourth-order valence-corrected chi connectivity index (χ4v) is 4.58. The van der Waals surface area contributed by atoms with Gasteiger partial charge < -0.3 is 9.47 Å². The summed E-state index contributed by atoms with van der Waals surface area (Å²) in [5.74, 6) is -0.0858. The summed E-state index contributed by atoms with van der Waals surface area (Å²) in [6.07, 6.45) is 7.37. The lowest BCUT2D eigenvalue weighted by Crippen LogP contribution is -2.41. The molecule has 0 unspecified atom stereocenters. The van der Waals surface area contributed by atoms with E-state index in [-0.39, 0.29) is 17.6 Å². The Balaban J connectivity index is 1.59. The normalized spacial score (nSPS) is 14.3. The molecule has 0 saturated heterocycles. The maximum absolute atomic E-state index is 13.5. The number of hydrogen-bond donors (Lipinski definition) is 0. The predicted molar refractivity (Wildman–Crippen MR) is 125 cm³/mol. The highest BCUT2D eigenvalue weighted by atomic mass is 35.5. The zero-order valence-electron chi connectivity index (χ0n) is 17.8. The Morgan fingerprint density at radius 2 is 1.75 bits per heavy atom. The highest BCUT2D eigenvalue weighted by Crippen LogP contribution is 2.27. The Kier molecular flexibility index (Phi) is 6.90. The lowest BCUT2D eigenvalue weighted by molar-refractivity contribution is -0.384. The SMILES string of the molecule is O=C(c1ccc([N+](=O)[O-])cc1)N(Cc1cccn1Cc1ccccc1Cl)C1CCCCC1. The van der Waals surface area contributed by atoms with Crippen molar-refractivity contribution in [2.24, 2.45) is 0 Å². The zero-order valence-corrected chi connectivity index (χ0v) is 18.6. The van der Waals surface area contributed by atoms with Crippen molar-refractivity contribution < 1.29 is 9.72 Å². The Labute approximate surface area is 192 Å². The van der Waals surface area contributed by atoms with E-state index >= 15 is 0 Å². The summed E-state index contributed by atoms with van der Waals surface area (Å²) < 4.78 is 2.13. The average Bonchev–Trinajstić information content (AvgIpc) is 3.26. The van der Waals surface area contributed by atoms with Crippen molar-refractivity contribution in [3.05, 3.63) is 98.8 Å². The molecule has 1 heterocycles. The van der Waals surface area contributed by atoms with Gasteiger partial charge in [0.15, 0.2) is 0 Å². The van der Waals surface area contributed by atoms with E-state index in [1.54, 1.807) is 12.1 Å². The monoisotopic (exact) mass is 451 g/mol. The van der Waals surface area contributed by atoms with Gasteiger partial charge in [-0.3, -0.25) is 14.9 Å². The number of nitro benzene ring substituents is 1. The van der Waals surface area contributed by atoms with Gasteiger partial charge in [0.2, 0.25) is 0 Å². The number of nitrogens with zero attached hydrogens (tertiary/aromatic N) is 3. The first-order valence-corrected chi connectivity index (χ1v) is 11.3. The van der Waals surface area contributed by atoms with Gasteiger partial charge in [0.25, 0.3) is 11.6 Å². The summed E-state index contributed by atoms with van der Waals surface area (Å²) in [4.78, 5) is 26.0. The van der Waals surface area contributed by atoms with Crippen LogP contribution < -0.4 is 0 Å². The second kappa shape index (κ2) is 10.0. The molecule has 1 aliphatic carbocycles. The number of rotatable bonds is 7. The minimum absolute atomic E-state index is 0.0145. The van der Waals surface area contributed by atoms with E-state index in [1.807, 2.05) is 47.5 Å². The van der Waals surface area contributed by atoms with Gasteiger partial charge in [-0.25, -0.2) is 0 Å². The molecule has 0 atom stereocenters. The number of non-ortho nitro benzene ring substituents is 1. The smallest absolute Gasteiger partial charge is 0.269 e. The molecule has 1 saturated carbocycles. The van der Waals surface area contributed by atoms with E-state index in [2.05, 4.69) is 4.57 Å². The molecule has 0 radical (unpaired) electrons. The molecule has 0 aliphatic heterocycles. The van der Waals surface area contributed by atoms with E-state index in [0.717, 1.165) is 42.0 Å². The van der Waals surface area contributed by atoms with Crippen LogP contribution in [0.15, 0.2) is 66.9 Å². The molecule has 1 fully saturated rings. The number of hydrogen-bond acceptors (Lipinski definition) is 3. The number of carbonyl (C=O) groups excluding carboxylic acids is 1. The summed E-state index contributed by atoms with van der Waals surface area (Å²) in [6.45, 7) is 1.12. The van der Waals surface area contributed by atoms with Gasteiger partial charge in [0.1, 0.15) is 0 Å². The summed E-state index contributed by atoms with van der Waals surface area (Å²) in [5, 5.41) is 11.7. The number of benzene rings is 2. The molecule has 7 heteroatoms. The van der Waals surface area contributed by atoms with Crippen LogP contribution in [0.25, 0.3) is 0 Å². The Morgan fingerprint density at radius 1 is 1.03 bits per heavy atom. The molecule has 0 bridgehead atoms. The van der Waals surface area contributed by atoms with Crippen molar-refractivity contribution in [1.29, 1.82) is 0 Å². The van der Waals surface area contributed by atoms with Crippen molar-refractivity contribution in [2.75, 3.05) is 0 Å². The third kappa shape index (κ3) is 5.02. The molecule has 4 rings (SSSR count). The largest absolute Gasteiger partial charge is 0.345 e. The van der Waals surface area contributed by atoms with Crippen molar-refractivity contribution >= 4 is 23.2 Å². The summed E-state index contributed by atoms with van der Waals surface area (Å²) in [7, 11) is 0. The third-order valence-electron chi connectivity index (χ3n) is 6.16. The minimum Gasteiger partial charge on any atom is -0.345 e. The van der Waals surface area contributed by atoms with Gasteiger partial charge in [-0.05, 0) is 48.7 Å². The van der Waals surface area contributed by atoms with E-state index in [9.17, 15) is 14.9 Å². The minimum atomic E-state index is -0.450. The van der Waals surface area contributed by atoms with E-state index in [4.69, 9.17) is 11.6 Å². The van der Waals surface area contributed by atoms with Crippen molar-refractivity contribution in [1.82, 2.24) is 9.47 Å².